The highest BCUT2D eigenvalue weighted by Gasteiger charge is 2.25. The molecule has 1 amide bonds. The topological polar surface area (TPSA) is 98.6 Å². The van der Waals surface area contributed by atoms with Gasteiger partial charge in [-0.2, -0.15) is 5.10 Å². The highest BCUT2D eigenvalue weighted by atomic mass is 32.2. The van der Waals surface area contributed by atoms with Gasteiger partial charge in [0, 0.05) is 6.08 Å². The van der Waals surface area contributed by atoms with Crippen LogP contribution in [0.15, 0.2) is 57.6 Å². The summed E-state index contributed by atoms with van der Waals surface area (Å²) in [6.45, 7) is 4.58. The predicted octanol–water partition coefficient (Wildman–Crippen LogP) is 3.50. The summed E-state index contributed by atoms with van der Waals surface area (Å²) < 4.78 is 15.9. The maximum absolute atomic E-state index is 11.8. The van der Waals surface area contributed by atoms with Crippen molar-refractivity contribution in [3.05, 3.63) is 69.6 Å². The van der Waals surface area contributed by atoms with Crippen LogP contribution in [-0.2, 0) is 20.9 Å². The second-order valence-corrected chi connectivity index (χ2v) is 7.83. The fourth-order valence-electron chi connectivity index (χ4n) is 2.80. The Bertz CT molecular complexity index is 1120. The number of carbonyl (C=O) groups excluding carboxylic acids is 2. The Balaban J connectivity index is 1.67. The molecule has 0 aromatic heterocycles. The molecule has 32 heavy (non-hydrogen) atoms. The van der Waals surface area contributed by atoms with Gasteiger partial charge in [-0.25, -0.2) is 4.79 Å². The summed E-state index contributed by atoms with van der Waals surface area (Å²) in [5.74, 6) is 0.146. The molecule has 3 rings (SSSR count). The van der Waals surface area contributed by atoms with E-state index in [1.165, 1.54) is 24.5 Å². The molecule has 1 fully saturated rings. The summed E-state index contributed by atoms with van der Waals surface area (Å²) in [6, 6.07) is 11.5. The number of rotatable bonds is 7. The van der Waals surface area contributed by atoms with Gasteiger partial charge in [-0.15, -0.1) is 5.10 Å². The lowest BCUT2D eigenvalue weighted by molar-refractivity contribution is -0.135. The number of hydrogen-bond acceptors (Lipinski definition) is 8. The molecular weight excluding hydrogens is 430 g/mol. The number of amidine groups is 1. The molecule has 0 bridgehead atoms. The summed E-state index contributed by atoms with van der Waals surface area (Å²) in [5.41, 5.74) is 4.28. The minimum Gasteiger partial charge on any atom is -0.493 e. The largest absolute Gasteiger partial charge is 0.493 e. The third kappa shape index (κ3) is 5.76. The number of nitrogens with zero attached hydrogens (tertiary/aromatic N) is 2. The Morgan fingerprint density at radius 1 is 1.16 bits per heavy atom. The van der Waals surface area contributed by atoms with Crippen molar-refractivity contribution in [1.82, 2.24) is 5.32 Å². The zero-order chi connectivity index (χ0) is 23.1. The molecular formula is C23H23N3O5S. The molecule has 166 valence electrons. The monoisotopic (exact) mass is 453 g/mol. The lowest BCUT2D eigenvalue weighted by Crippen LogP contribution is -2.19. The van der Waals surface area contributed by atoms with Gasteiger partial charge < -0.3 is 14.2 Å². The molecule has 1 aliphatic heterocycles. The van der Waals surface area contributed by atoms with E-state index in [0.29, 0.717) is 18.1 Å². The van der Waals surface area contributed by atoms with Gasteiger partial charge in [0.2, 0.25) is 0 Å². The molecule has 1 heterocycles. The zero-order valence-corrected chi connectivity index (χ0v) is 19.0. The van der Waals surface area contributed by atoms with Gasteiger partial charge >= 0.3 is 5.97 Å². The number of aryl methyl sites for hydroxylation is 1. The molecule has 1 saturated heterocycles. The summed E-state index contributed by atoms with van der Waals surface area (Å²) in [6.07, 6.45) is 2.63. The molecule has 0 saturated carbocycles. The van der Waals surface area contributed by atoms with Crippen LogP contribution in [0.2, 0.25) is 0 Å². The van der Waals surface area contributed by atoms with E-state index in [1.807, 2.05) is 24.3 Å². The average Bonchev–Trinajstić information content (AvgIpc) is 3.13. The van der Waals surface area contributed by atoms with Crippen LogP contribution >= 0.6 is 11.8 Å². The highest BCUT2D eigenvalue weighted by Crippen LogP contribution is 2.29. The Morgan fingerprint density at radius 3 is 2.72 bits per heavy atom. The average molecular weight is 454 g/mol. The first-order valence-electron chi connectivity index (χ1n) is 9.67. The van der Waals surface area contributed by atoms with E-state index in [9.17, 15) is 9.59 Å². The molecule has 2 aromatic carbocycles. The van der Waals surface area contributed by atoms with Gasteiger partial charge in [0.25, 0.3) is 5.91 Å². The van der Waals surface area contributed by atoms with E-state index in [0.717, 1.165) is 29.0 Å². The van der Waals surface area contributed by atoms with Gasteiger partial charge in [0.05, 0.1) is 25.3 Å². The molecule has 1 aliphatic rings. The second kappa shape index (κ2) is 10.6. The Morgan fingerprint density at radius 2 is 1.97 bits per heavy atom. The van der Waals surface area contributed by atoms with Crippen molar-refractivity contribution in [1.29, 1.82) is 0 Å². The lowest BCUT2D eigenvalue weighted by atomic mass is 10.0. The molecule has 2 aromatic rings. The molecule has 1 N–H and O–H groups in total. The van der Waals surface area contributed by atoms with Gasteiger partial charge in [-0.05, 0) is 66.1 Å². The first-order valence-corrected chi connectivity index (χ1v) is 10.5. The van der Waals surface area contributed by atoms with Crippen LogP contribution in [0.25, 0.3) is 0 Å². The minimum absolute atomic E-state index is 0.192. The van der Waals surface area contributed by atoms with E-state index in [2.05, 4.69) is 40.2 Å². The predicted molar refractivity (Wildman–Crippen MR) is 124 cm³/mol. The quantitative estimate of drug-likeness (QED) is 0.298. The number of thioether (sulfide) groups is 1. The summed E-state index contributed by atoms with van der Waals surface area (Å²) in [5, 5.41) is 10.8. The minimum atomic E-state index is -0.612. The van der Waals surface area contributed by atoms with E-state index >= 15 is 0 Å². The number of carbonyl (C=O) groups is 2. The molecule has 8 nitrogen and oxygen atoms in total. The van der Waals surface area contributed by atoms with Gasteiger partial charge in [-0.3, -0.25) is 10.1 Å². The third-order valence-electron chi connectivity index (χ3n) is 4.74. The maximum Gasteiger partial charge on any atom is 0.331 e. The van der Waals surface area contributed by atoms with Crippen LogP contribution in [0.1, 0.15) is 22.3 Å². The van der Waals surface area contributed by atoms with Gasteiger partial charge in [0.1, 0.15) is 6.61 Å². The number of amides is 1. The molecule has 0 aliphatic carbocycles. The molecule has 0 unspecified atom stereocenters. The van der Waals surface area contributed by atoms with Crippen LogP contribution in [0.4, 0.5) is 0 Å². The zero-order valence-electron chi connectivity index (χ0n) is 18.2. The SMILES string of the molecule is COC(=O)/C=C1/S/C(=N\N=Cc2ccc(OCc3cccc(C)c3C)c(OC)c2)NC1=O. The number of ether oxygens (including phenoxy) is 3. The van der Waals surface area contributed by atoms with Crippen LogP contribution < -0.4 is 14.8 Å². The smallest absolute Gasteiger partial charge is 0.331 e. The van der Waals surface area contributed by atoms with Crippen LogP contribution in [-0.4, -0.2) is 37.5 Å². The van der Waals surface area contributed by atoms with Gasteiger partial charge in [0.15, 0.2) is 16.7 Å². The normalized spacial score (nSPS) is 15.9. The third-order valence-corrected chi connectivity index (χ3v) is 5.64. The van der Waals surface area contributed by atoms with Crippen molar-refractivity contribution < 1.29 is 23.8 Å². The molecule has 0 atom stereocenters. The number of hydrogen-bond donors (Lipinski definition) is 1. The van der Waals surface area contributed by atoms with Crippen LogP contribution in [0.3, 0.4) is 0 Å². The number of benzene rings is 2. The van der Waals surface area contributed by atoms with E-state index < -0.39 is 11.9 Å². The van der Waals surface area contributed by atoms with Crippen molar-refractivity contribution in [3.8, 4) is 11.5 Å². The number of methoxy groups -OCH3 is 2. The summed E-state index contributed by atoms with van der Waals surface area (Å²) >= 11 is 1.01. The first-order chi connectivity index (χ1) is 15.4. The lowest BCUT2D eigenvalue weighted by Gasteiger charge is -2.13. The number of nitrogens with one attached hydrogen (secondary N) is 1. The van der Waals surface area contributed by atoms with Crippen molar-refractivity contribution in [2.75, 3.05) is 14.2 Å². The Hall–Kier alpha value is -3.59. The standard InChI is InChI=1S/C23H23N3O5S/c1-14-6-5-7-17(15(14)2)13-31-18-9-8-16(10-19(18)29-3)12-24-26-23-25-22(28)20(32-23)11-21(27)30-4/h5-12H,13H2,1-4H3,(H,25,26,28)/b20-11+,24-12?. The molecule has 9 heteroatoms. The molecule has 0 radical (unpaired) electrons. The summed E-state index contributed by atoms with van der Waals surface area (Å²) in [7, 11) is 2.81. The fourth-order valence-corrected chi connectivity index (χ4v) is 3.54. The second-order valence-electron chi connectivity index (χ2n) is 6.80. The number of esters is 1. The maximum atomic E-state index is 11.8. The highest BCUT2D eigenvalue weighted by molar-refractivity contribution is 8.18. The van der Waals surface area contributed by atoms with E-state index in [4.69, 9.17) is 9.47 Å². The van der Waals surface area contributed by atoms with Gasteiger partial charge in [-0.1, -0.05) is 18.2 Å². The Kier molecular flexibility index (Phi) is 7.67. The van der Waals surface area contributed by atoms with Crippen molar-refractivity contribution in [3.63, 3.8) is 0 Å². The van der Waals surface area contributed by atoms with Crippen molar-refractivity contribution in [2.24, 2.45) is 10.2 Å². The van der Waals surface area contributed by atoms with Crippen molar-refractivity contribution in [2.45, 2.75) is 20.5 Å². The van der Waals surface area contributed by atoms with Crippen LogP contribution in [0, 0.1) is 13.8 Å². The van der Waals surface area contributed by atoms with E-state index in [-0.39, 0.29) is 10.1 Å². The fraction of sp³-hybridized carbons (Fsp3) is 0.217. The van der Waals surface area contributed by atoms with Crippen LogP contribution in [0.5, 0.6) is 11.5 Å². The summed E-state index contributed by atoms with van der Waals surface area (Å²) in [4.78, 5) is 23.3. The van der Waals surface area contributed by atoms with E-state index in [1.54, 1.807) is 13.2 Å². The Labute approximate surface area is 190 Å². The van der Waals surface area contributed by atoms with Crippen molar-refractivity contribution >= 4 is 35.0 Å². The first kappa shape index (κ1) is 23.1. The molecule has 0 spiro atoms.